The Bertz CT molecular complexity index is 1360. The highest BCUT2D eigenvalue weighted by molar-refractivity contribution is 7.85. The first-order valence-electron chi connectivity index (χ1n) is 12.6. The Kier molecular flexibility index (Phi) is 12.1. The summed E-state index contributed by atoms with van der Waals surface area (Å²) in [5.41, 5.74) is 7.49. The average molecular weight is 580 g/mol. The van der Waals surface area contributed by atoms with Gasteiger partial charge in [0.25, 0.3) is 10.1 Å². The topological polar surface area (TPSA) is 197 Å². The molecule has 4 rings (SSSR count). The van der Waals surface area contributed by atoms with Crippen molar-refractivity contribution in [2.45, 2.75) is 33.2 Å². The fourth-order valence-electron chi connectivity index (χ4n) is 3.92. The Morgan fingerprint density at radius 1 is 1.10 bits per heavy atom. The van der Waals surface area contributed by atoms with Gasteiger partial charge in [-0.25, -0.2) is 4.79 Å². The lowest BCUT2D eigenvalue weighted by molar-refractivity contribution is 0.0342. The summed E-state index contributed by atoms with van der Waals surface area (Å²) in [7, 11) is -3.67. The molecule has 6 N–H and O–H groups in total. The van der Waals surface area contributed by atoms with Crippen LogP contribution >= 0.6 is 0 Å². The second-order valence-electron chi connectivity index (χ2n) is 9.35. The molecule has 1 aliphatic rings. The summed E-state index contributed by atoms with van der Waals surface area (Å²) in [4.78, 5) is 14.1. The molecule has 0 unspecified atom stereocenters. The summed E-state index contributed by atoms with van der Waals surface area (Å²) in [5.74, 6) is -1.35. The van der Waals surface area contributed by atoms with E-state index in [1.807, 2.05) is 45.0 Å². The van der Waals surface area contributed by atoms with Gasteiger partial charge >= 0.3 is 5.97 Å². The highest BCUT2D eigenvalue weighted by atomic mass is 32.2. The number of carbonyl (C=O) groups is 1. The van der Waals surface area contributed by atoms with Crippen LogP contribution < -0.4 is 5.73 Å². The van der Waals surface area contributed by atoms with E-state index in [-0.39, 0.29) is 40.0 Å². The molecule has 1 aliphatic heterocycles. The lowest BCUT2D eigenvalue weighted by atomic mass is 9.94. The number of aromatic nitrogens is 1. The average Bonchev–Trinajstić information content (AvgIpc) is 3.30. The molecule has 13 heteroatoms. The molecule has 0 saturated carbocycles. The van der Waals surface area contributed by atoms with Crippen molar-refractivity contribution >= 4 is 16.1 Å². The standard InChI is InChI=1S/C24H26N2O6.C2H7N.CH4O3S/c1-14(2)17-11-18(20(28)12-19(17)27)23-21(22(24(29)30)25-32-23)16-5-3-15(4-6-16)13-26-7-9-31-10-8-26;1-2-3;1-5(2,3)4/h3-6,11-12,14,27-28H,7-10,13H2,1-2H3,(H,29,30);2-3H2,1H3;1H3,(H,2,3,4). The highest BCUT2D eigenvalue weighted by Gasteiger charge is 2.27. The van der Waals surface area contributed by atoms with E-state index in [0.29, 0.717) is 17.4 Å². The second kappa shape index (κ2) is 14.8. The maximum absolute atomic E-state index is 11.8. The number of rotatable bonds is 6. The molecule has 0 radical (unpaired) electrons. The van der Waals surface area contributed by atoms with Crippen LogP contribution in [-0.2, 0) is 21.4 Å². The molecular weight excluding hydrogens is 542 g/mol. The minimum absolute atomic E-state index is 0.0147. The molecule has 0 spiro atoms. The van der Waals surface area contributed by atoms with E-state index >= 15 is 0 Å². The van der Waals surface area contributed by atoms with Crippen LogP contribution in [0, 0.1) is 0 Å². The molecule has 0 bridgehead atoms. The summed E-state index contributed by atoms with van der Waals surface area (Å²) < 4.78 is 36.7. The zero-order valence-electron chi connectivity index (χ0n) is 23.0. The summed E-state index contributed by atoms with van der Waals surface area (Å²) in [6.07, 6.45) is 0.715. The molecule has 0 amide bonds. The third-order valence-electron chi connectivity index (χ3n) is 5.66. The molecule has 0 atom stereocenters. The fourth-order valence-corrected chi connectivity index (χ4v) is 3.92. The van der Waals surface area contributed by atoms with Crippen LogP contribution in [0.25, 0.3) is 22.5 Å². The minimum Gasteiger partial charge on any atom is -0.508 e. The number of benzene rings is 2. The van der Waals surface area contributed by atoms with Gasteiger partial charge in [0.1, 0.15) is 11.5 Å². The zero-order chi connectivity index (χ0) is 30.0. The first-order chi connectivity index (χ1) is 18.8. The SMILES string of the molecule is CC(C)c1cc(-c2onc(C(=O)O)c2-c2ccc(CN3CCOCC3)cc2)c(O)cc1O.CCN.CS(=O)(=O)O. The molecule has 1 fully saturated rings. The number of hydrogen-bond donors (Lipinski definition) is 5. The van der Waals surface area contributed by atoms with Crippen LogP contribution in [0.15, 0.2) is 40.9 Å². The summed E-state index contributed by atoms with van der Waals surface area (Å²) in [6.45, 7) is 10.4. The van der Waals surface area contributed by atoms with Crippen molar-refractivity contribution < 1.29 is 42.3 Å². The van der Waals surface area contributed by atoms with E-state index in [0.717, 1.165) is 45.0 Å². The molecule has 1 aromatic heterocycles. The molecule has 3 aromatic rings. The van der Waals surface area contributed by atoms with E-state index in [9.17, 15) is 28.5 Å². The van der Waals surface area contributed by atoms with E-state index < -0.39 is 16.1 Å². The van der Waals surface area contributed by atoms with Crippen LogP contribution in [0.4, 0.5) is 0 Å². The Hall–Kier alpha value is -3.49. The molecule has 40 heavy (non-hydrogen) atoms. The van der Waals surface area contributed by atoms with Gasteiger partial charge in [0, 0.05) is 25.7 Å². The number of carboxylic acid groups (broad SMARTS) is 1. The third kappa shape index (κ3) is 9.61. The Labute approximate surface area is 233 Å². The maximum Gasteiger partial charge on any atom is 0.358 e. The number of aromatic hydroxyl groups is 2. The number of aromatic carboxylic acids is 1. The normalized spacial score (nSPS) is 13.7. The van der Waals surface area contributed by atoms with E-state index in [1.54, 1.807) is 6.07 Å². The zero-order valence-corrected chi connectivity index (χ0v) is 23.8. The van der Waals surface area contributed by atoms with Gasteiger partial charge in [0.15, 0.2) is 11.5 Å². The number of nitrogens with two attached hydrogens (primary N) is 1. The van der Waals surface area contributed by atoms with Crippen molar-refractivity contribution in [1.29, 1.82) is 0 Å². The van der Waals surface area contributed by atoms with Crippen LogP contribution in [0.1, 0.15) is 48.3 Å². The van der Waals surface area contributed by atoms with Crippen molar-refractivity contribution in [1.82, 2.24) is 10.1 Å². The molecule has 1 saturated heterocycles. The molecule has 12 nitrogen and oxygen atoms in total. The quantitative estimate of drug-likeness (QED) is 0.267. The van der Waals surface area contributed by atoms with Gasteiger partial charge in [-0.05, 0) is 35.2 Å². The first kappa shape index (κ1) is 32.7. The molecule has 220 valence electrons. The predicted octanol–water partition coefficient (Wildman–Crippen LogP) is 3.54. The van der Waals surface area contributed by atoms with E-state index in [2.05, 4.69) is 10.1 Å². The number of phenols is 2. The van der Waals surface area contributed by atoms with Gasteiger partial charge < -0.3 is 30.3 Å². The Morgan fingerprint density at radius 3 is 2.15 bits per heavy atom. The van der Waals surface area contributed by atoms with Crippen LogP contribution in [0.2, 0.25) is 0 Å². The van der Waals surface area contributed by atoms with E-state index in [1.165, 1.54) is 6.07 Å². The molecule has 0 aliphatic carbocycles. The number of ether oxygens (including phenoxy) is 1. The number of nitrogens with zero attached hydrogens (tertiary/aromatic N) is 2. The van der Waals surface area contributed by atoms with Gasteiger partial charge in [-0.1, -0.05) is 50.2 Å². The van der Waals surface area contributed by atoms with Gasteiger partial charge in [-0.15, -0.1) is 0 Å². The van der Waals surface area contributed by atoms with Crippen molar-refractivity contribution in [3.8, 4) is 33.9 Å². The fraction of sp³-hybridized carbons (Fsp3) is 0.407. The van der Waals surface area contributed by atoms with Crippen molar-refractivity contribution in [2.75, 3.05) is 39.1 Å². The van der Waals surface area contributed by atoms with Gasteiger partial charge in [0.05, 0.1) is 30.6 Å². The van der Waals surface area contributed by atoms with Crippen molar-refractivity contribution in [3.63, 3.8) is 0 Å². The van der Waals surface area contributed by atoms with Crippen LogP contribution in [0.3, 0.4) is 0 Å². The molecular formula is C27H37N3O9S. The number of carboxylic acids is 1. The largest absolute Gasteiger partial charge is 0.508 e. The number of phenolic OH excluding ortho intramolecular Hbond substituents is 2. The Morgan fingerprint density at radius 2 is 1.65 bits per heavy atom. The summed E-state index contributed by atoms with van der Waals surface area (Å²) in [6, 6.07) is 10.4. The molecule has 2 aromatic carbocycles. The lowest BCUT2D eigenvalue weighted by Gasteiger charge is -2.26. The lowest BCUT2D eigenvalue weighted by Crippen LogP contribution is -2.35. The second-order valence-corrected chi connectivity index (χ2v) is 10.8. The monoisotopic (exact) mass is 579 g/mol. The smallest absolute Gasteiger partial charge is 0.358 e. The van der Waals surface area contributed by atoms with Gasteiger partial charge in [0.2, 0.25) is 0 Å². The molecule has 2 heterocycles. The minimum atomic E-state index is -3.67. The van der Waals surface area contributed by atoms with Crippen LogP contribution in [-0.4, -0.2) is 83.4 Å². The highest BCUT2D eigenvalue weighted by Crippen LogP contribution is 2.43. The van der Waals surface area contributed by atoms with Crippen molar-refractivity contribution in [3.05, 3.63) is 53.2 Å². The first-order valence-corrected chi connectivity index (χ1v) is 14.4. The third-order valence-corrected chi connectivity index (χ3v) is 5.66. The van der Waals surface area contributed by atoms with Gasteiger partial charge in [-0.2, -0.15) is 8.42 Å². The summed E-state index contributed by atoms with van der Waals surface area (Å²) >= 11 is 0. The number of hydrogen-bond acceptors (Lipinski definition) is 10. The maximum atomic E-state index is 11.8. The Balaban J connectivity index is 0.000000621. The predicted molar refractivity (Wildman–Crippen MR) is 150 cm³/mol. The van der Waals surface area contributed by atoms with Crippen molar-refractivity contribution in [2.24, 2.45) is 5.73 Å². The van der Waals surface area contributed by atoms with Gasteiger partial charge in [-0.3, -0.25) is 9.45 Å². The summed E-state index contributed by atoms with van der Waals surface area (Å²) in [5, 5.41) is 34.1. The van der Waals surface area contributed by atoms with E-state index in [4.69, 9.17) is 19.5 Å². The van der Waals surface area contributed by atoms with Crippen LogP contribution in [0.5, 0.6) is 11.5 Å². The number of morpholine rings is 1.